The van der Waals surface area contributed by atoms with E-state index in [0.29, 0.717) is 0 Å². The van der Waals surface area contributed by atoms with Gasteiger partial charge in [0.1, 0.15) is 4.90 Å². The molecule has 21 heavy (non-hydrogen) atoms. The van der Waals surface area contributed by atoms with E-state index in [1.807, 2.05) is 0 Å². The van der Waals surface area contributed by atoms with Crippen molar-refractivity contribution >= 4 is 42.2 Å². The largest absolute Gasteiger partial charge is 0.387 e. The number of nitrogens with one attached hydrogen (secondary N) is 2. The topological polar surface area (TPSA) is 131 Å². The monoisotopic (exact) mass is 349 g/mol. The van der Waals surface area contributed by atoms with Crippen LogP contribution in [0.2, 0.25) is 0 Å². The van der Waals surface area contributed by atoms with Gasteiger partial charge in [0.15, 0.2) is 9.84 Å². The van der Waals surface area contributed by atoms with Crippen LogP contribution >= 0.6 is 11.5 Å². The molecule has 0 amide bonds. The van der Waals surface area contributed by atoms with Gasteiger partial charge < -0.3 is 5.32 Å². The summed E-state index contributed by atoms with van der Waals surface area (Å²) in [5.74, 6) is 0. The first kappa shape index (κ1) is 15.6. The Bertz CT molecular complexity index is 846. The first-order chi connectivity index (χ1) is 9.74. The number of anilines is 2. The molecule has 1 heterocycles. The number of aromatic nitrogens is 3. The lowest BCUT2D eigenvalue weighted by Crippen LogP contribution is -2.15. The lowest BCUT2D eigenvalue weighted by molar-refractivity contribution is 0.600. The SMILES string of the molecule is CNc1ccc(S(C)(=O)=O)cc1S(=O)(=O)Nc1nnns1. The molecule has 2 aromatic rings. The number of rotatable bonds is 5. The van der Waals surface area contributed by atoms with E-state index in [1.165, 1.54) is 19.2 Å². The lowest BCUT2D eigenvalue weighted by Gasteiger charge is -2.11. The first-order valence-corrected chi connectivity index (χ1v) is 9.58. The van der Waals surface area contributed by atoms with E-state index in [4.69, 9.17) is 0 Å². The molecule has 2 N–H and O–H groups in total. The third kappa shape index (κ3) is 3.46. The van der Waals surface area contributed by atoms with Crippen LogP contribution in [0.5, 0.6) is 0 Å². The number of hydrogen-bond acceptors (Lipinski definition) is 9. The van der Waals surface area contributed by atoms with Crippen molar-refractivity contribution in [1.29, 1.82) is 0 Å². The summed E-state index contributed by atoms with van der Waals surface area (Å²) in [4.78, 5) is -0.305. The predicted molar refractivity (Wildman–Crippen MR) is 77.6 cm³/mol. The van der Waals surface area contributed by atoms with Crippen molar-refractivity contribution < 1.29 is 16.8 Å². The Balaban J connectivity index is 2.55. The van der Waals surface area contributed by atoms with Crippen LogP contribution in [-0.2, 0) is 19.9 Å². The van der Waals surface area contributed by atoms with Crippen molar-refractivity contribution in [2.75, 3.05) is 23.3 Å². The van der Waals surface area contributed by atoms with Gasteiger partial charge in [-0.25, -0.2) is 16.8 Å². The Morgan fingerprint density at radius 1 is 1.19 bits per heavy atom. The maximum atomic E-state index is 12.3. The summed E-state index contributed by atoms with van der Waals surface area (Å²) in [6.45, 7) is 0. The minimum atomic E-state index is -4.02. The summed E-state index contributed by atoms with van der Waals surface area (Å²) in [7, 11) is -6.02. The Morgan fingerprint density at radius 3 is 2.43 bits per heavy atom. The molecule has 12 heteroatoms. The smallest absolute Gasteiger partial charge is 0.265 e. The van der Waals surface area contributed by atoms with Crippen LogP contribution in [0.15, 0.2) is 28.0 Å². The van der Waals surface area contributed by atoms with Crippen LogP contribution in [0, 0.1) is 0 Å². The molecule has 0 unspecified atom stereocenters. The average molecular weight is 349 g/mol. The van der Waals surface area contributed by atoms with Gasteiger partial charge in [-0.15, -0.1) is 0 Å². The van der Waals surface area contributed by atoms with E-state index in [1.54, 1.807) is 0 Å². The zero-order chi connectivity index (χ0) is 15.7. The Morgan fingerprint density at radius 2 is 1.90 bits per heavy atom. The normalized spacial score (nSPS) is 12.1. The van der Waals surface area contributed by atoms with E-state index in [9.17, 15) is 16.8 Å². The van der Waals surface area contributed by atoms with Crippen LogP contribution in [0.3, 0.4) is 0 Å². The molecule has 0 radical (unpaired) electrons. The molecule has 0 saturated carbocycles. The fraction of sp³-hybridized carbons (Fsp3) is 0.222. The van der Waals surface area contributed by atoms with E-state index in [0.717, 1.165) is 23.9 Å². The van der Waals surface area contributed by atoms with Gasteiger partial charge in [0, 0.05) is 24.8 Å². The van der Waals surface area contributed by atoms with Crippen LogP contribution < -0.4 is 10.0 Å². The molecule has 0 aliphatic heterocycles. The van der Waals surface area contributed by atoms with Crippen molar-refractivity contribution in [3.05, 3.63) is 18.2 Å². The molecule has 114 valence electrons. The molecule has 0 bridgehead atoms. The summed E-state index contributed by atoms with van der Waals surface area (Å²) in [6, 6.07) is 3.79. The number of nitrogens with zero attached hydrogens (tertiary/aromatic N) is 3. The molecule has 2 rings (SSSR count). The zero-order valence-corrected chi connectivity index (χ0v) is 13.4. The van der Waals surface area contributed by atoms with Crippen molar-refractivity contribution in [3.63, 3.8) is 0 Å². The number of hydrogen-bond donors (Lipinski definition) is 2. The maximum Gasteiger partial charge on any atom is 0.265 e. The summed E-state index contributed by atoms with van der Waals surface area (Å²) >= 11 is 0.767. The predicted octanol–water partition coefficient (Wildman–Crippen LogP) is 0.179. The standard InChI is InChI=1S/C9H11N5O4S3/c1-10-7-4-3-6(20(2,15)16)5-8(7)21(17,18)12-9-11-13-14-19-9/h3-5,10H,1-2H3,(H,11,12,14). The fourth-order valence-electron chi connectivity index (χ4n) is 1.51. The van der Waals surface area contributed by atoms with Crippen LogP contribution in [0.1, 0.15) is 0 Å². The van der Waals surface area contributed by atoms with Gasteiger partial charge in [-0.2, -0.15) is 0 Å². The van der Waals surface area contributed by atoms with Gasteiger partial charge in [0.25, 0.3) is 10.0 Å². The van der Waals surface area contributed by atoms with Crippen molar-refractivity contribution in [3.8, 4) is 0 Å². The molecule has 0 aliphatic carbocycles. The Labute approximate surface area is 125 Å². The third-order valence-corrected chi connectivity index (χ3v) is 5.59. The quantitative estimate of drug-likeness (QED) is 0.781. The summed E-state index contributed by atoms with van der Waals surface area (Å²) in [6.07, 6.45) is 1.000. The average Bonchev–Trinajstić information content (AvgIpc) is 2.89. The first-order valence-electron chi connectivity index (χ1n) is 5.44. The fourth-order valence-corrected chi connectivity index (χ4v) is 4.05. The number of benzene rings is 1. The van der Waals surface area contributed by atoms with Crippen LogP contribution in [-0.4, -0.2) is 44.9 Å². The van der Waals surface area contributed by atoms with E-state index in [-0.39, 0.29) is 20.6 Å². The van der Waals surface area contributed by atoms with Gasteiger partial charge in [-0.1, -0.05) is 9.59 Å². The molecule has 0 spiro atoms. The molecular weight excluding hydrogens is 338 g/mol. The second kappa shape index (κ2) is 5.54. The Hall–Kier alpha value is -1.79. The Kier molecular flexibility index (Phi) is 4.11. The molecule has 0 fully saturated rings. The van der Waals surface area contributed by atoms with Crippen LogP contribution in [0.4, 0.5) is 10.8 Å². The van der Waals surface area contributed by atoms with Gasteiger partial charge in [-0.3, -0.25) is 4.72 Å². The minimum absolute atomic E-state index is 0.0122. The van der Waals surface area contributed by atoms with Gasteiger partial charge in [0.2, 0.25) is 5.13 Å². The number of sulfone groups is 1. The molecular formula is C9H11N5O4S3. The second-order valence-corrected chi connectivity index (χ2v) is 8.35. The highest BCUT2D eigenvalue weighted by molar-refractivity contribution is 7.93. The van der Waals surface area contributed by atoms with Gasteiger partial charge in [-0.05, 0) is 23.4 Å². The molecule has 1 aromatic carbocycles. The van der Waals surface area contributed by atoms with Gasteiger partial charge in [0.05, 0.1) is 10.6 Å². The lowest BCUT2D eigenvalue weighted by atomic mass is 10.3. The van der Waals surface area contributed by atoms with Crippen LogP contribution in [0.25, 0.3) is 0 Å². The third-order valence-electron chi connectivity index (χ3n) is 2.46. The van der Waals surface area contributed by atoms with Crippen molar-refractivity contribution in [1.82, 2.24) is 14.8 Å². The van der Waals surface area contributed by atoms with E-state index < -0.39 is 19.9 Å². The van der Waals surface area contributed by atoms with E-state index in [2.05, 4.69) is 24.8 Å². The summed E-state index contributed by atoms with van der Waals surface area (Å²) in [5.41, 5.74) is 0.257. The summed E-state index contributed by atoms with van der Waals surface area (Å²) in [5, 5.41) is 9.45. The van der Waals surface area contributed by atoms with Gasteiger partial charge >= 0.3 is 0 Å². The van der Waals surface area contributed by atoms with E-state index >= 15 is 0 Å². The molecule has 1 aromatic heterocycles. The minimum Gasteiger partial charge on any atom is -0.387 e. The molecule has 0 saturated heterocycles. The molecule has 0 aliphatic rings. The zero-order valence-electron chi connectivity index (χ0n) is 10.9. The highest BCUT2D eigenvalue weighted by atomic mass is 32.2. The molecule has 9 nitrogen and oxygen atoms in total. The second-order valence-electron chi connectivity index (χ2n) is 3.95. The summed E-state index contributed by atoms with van der Waals surface area (Å²) < 4.78 is 53.4. The highest BCUT2D eigenvalue weighted by Crippen LogP contribution is 2.26. The highest BCUT2D eigenvalue weighted by Gasteiger charge is 2.22. The van der Waals surface area contributed by atoms with Crippen molar-refractivity contribution in [2.45, 2.75) is 9.79 Å². The maximum absolute atomic E-state index is 12.3. The van der Waals surface area contributed by atoms with Crippen molar-refractivity contribution in [2.24, 2.45) is 0 Å². The number of sulfonamides is 1. The molecule has 0 atom stereocenters.